The molecule has 1 aromatic carbocycles. The molecule has 2 aliphatic heterocycles. The summed E-state index contributed by atoms with van der Waals surface area (Å²) >= 11 is 0. The van der Waals surface area contributed by atoms with Crippen molar-refractivity contribution in [3.05, 3.63) is 59.4 Å². The lowest BCUT2D eigenvalue weighted by Crippen LogP contribution is -2.14. The molecule has 1 aliphatic carbocycles. The molecule has 0 fully saturated rings. The third-order valence-electron chi connectivity index (χ3n) is 3.25. The molecule has 0 amide bonds. The van der Waals surface area contributed by atoms with Crippen LogP contribution in [-0.4, -0.2) is 6.10 Å². The second-order valence-corrected chi connectivity index (χ2v) is 4.31. The standard InChI is InChI=1S/C14H10O4/c1-3-9-7-15-17-13(9)11(5-1)12-6-2-4-10-8-16-18-14(10)12/h1-7,13H,8H2. The Morgan fingerprint density at radius 2 is 2.22 bits per heavy atom. The van der Waals surface area contributed by atoms with Gasteiger partial charge in [-0.2, -0.15) is 9.78 Å². The number of allylic oxidation sites excluding steroid dienone is 2. The molecule has 0 bridgehead atoms. The maximum absolute atomic E-state index is 5.28. The van der Waals surface area contributed by atoms with Gasteiger partial charge in [0.15, 0.2) is 11.9 Å². The molecule has 1 aromatic rings. The summed E-state index contributed by atoms with van der Waals surface area (Å²) < 4.78 is 0. The smallest absolute Gasteiger partial charge is 0.178 e. The summed E-state index contributed by atoms with van der Waals surface area (Å²) in [7, 11) is 0. The largest absolute Gasteiger partial charge is 0.344 e. The lowest BCUT2D eigenvalue weighted by atomic mass is 9.90. The molecule has 2 heterocycles. The maximum Gasteiger partial charge on any atom is 0.178 e. The first-order valence-corrected chi connectivity index (χ1v) is 5.76. The molecule has 4 rings (SSSR count). The topological polar surface area (TPSA) is 36.9 Å². The van der Waals surface area contributed by atoms with Crippen LogP contribution in [0.15, 0.2) is 48.3 Å². The summed E-state index contributed by atoms with van der Waals surface area (Å²) in [5.74, 6) is 0.772. The molecule has 0 saturated carbocycles. The number of fused-ring (bicyclic) bond motifs is 2. The average Bonchev–Trinajstić information content (AvgIpc) is 3.06. The summed E-state index contributed by atoms with van der Waals surface area (Å²) in [6.45, 7) is 0.483. The van der Waals surface area contributed by atoms with Crippen LogP contribution >= 0.6 is 0 Å². The fourth-order valence-electron chi connectivity index (χ4n) is 2.37. The first-order valence-electron chi connectivity index (χ1n) is 5.76. The van der Waals surface area contributed by atoms with E-state index in [1.807, 2.05) is 36.4 Å². The van der Waals surface area contributed by atoms with Crippen LogP contribution in [0.2, 0.25) is 0 Å². The molecule has 0 aromatic heterocycles. The molecule has 1 atom stereocenters. The van der Waals surface area contributed by atoms with E-state index in [2.05, 4.69) is 0 Å². The zero-order valence-electron chi connectivity index (χ0n) is 9.46. The normalized spacial score (nSPS) is 23.7. The second kappa shape index (κ2) is 3.73. The Morgan fingerprint density at radius 1 is 1.22 bits per heavy atom. The lowest BCUT2D eigenvalue weighted by molar-refractivity contribution is -0.239. The maximum atomic E-state index is 5.28. The lowest BCUT2D eigenvalue weighted by Gasteiger charge is -2.18. The summed E-state index contributed by atoms with van der Waals surface area (Å²) in [5, 5.41) is 0. The van der Waals surface area contributed by atoms with Crippen molar-refractivity contribution in [2.45, 2.75) is 12.7 Å². The Kier molecular flexibility index (Phi) is 2.06. The van der Waals surface area contributed by atoms with E-state index in [1.165, 1.54) is 0 Å². The van der Waals surface area contributed by atoms with Crippen LogP contribution in [0.5, 0.6) is 5.75 Å². The van der Waals surface area contributed by atoms with Gasteiger partial charge in [0.1, 0.15) is 12.9 Å². The van der Waals surface area contributed by atoms with E-state index in [0.29, 0.717) is 6.61 Å². The Labute approximate surface area is 104 Å². The van der Waals surface area contributed by atoms with E-state index >= 15 is 0 Å². The predicted molar refractivity (Wildman–Crippen MR) is 63.0 cm³/mol. The van der Waals surface area contributed by atoms with Gasteiger partial charge in [0.25, 0.3) is 0 Å². The van der Waals surface area contributed by atoms with Crippen LogP contribution in [-0.2, 0) is 21.3 Å². The minimum absolute atomic E-state index is 0.189. The Morgan fingerprint density at radius 3 is 3.22 bits per heavy atom. The number of benzene rings is 1. The van der Waals surface area contributed by atoms with E-state index in [4.69, 9.17) is 19.6 Å². The SMILES string of the molecule is C1=CC2=COOC2C(c2cccc3c2OOC3)=C1. The van der Waals surface area contributed by atoms with Crippen molar-refractivity contribution in [3.8, 4) is 5.75 Å². The number of hydrogen-bond acceptors (Lipinski definition) is 4. The summed E-state index contributed by atoms with van der Waals surface area (Å²) in [5.41, 5.74) is 4.05. The number of para-hydroxylation sites is 1. The van der Waals surface area contributed by atoms with Crippen LogP contribution < -0.4 is 4.89 Å². The molecule has 0 radical (unpaired) electrons. The van der Waals surface area contributed by atoms with Crippen LogP contribution in [0.25, 0.3) is 5.57 Å². The van der Waals surface area contributed by atoms with E-state index in [-0.39, 0.29) is 6.10 Å². The highest BCUT2D eigenvalue weighted by molar-refractivity contribution is 5.80. The molecule has 4 heteroatoms. The van der Waals surface area contributed by atoms with Crippen LogP contribution in [0.1, 0.15) is 11.1 Å². The van der Waals surface area contributed by atoms with Gasteiger partial charge in [-0.05, 0) is 0 Å². The van der Waals surface area contributed by atoms with Crippen LogP contribution in [0, 0.1) is 0 Å². The summed E-state index contributed by atoms with van der Waals surface area (Å²) in [6, 6.07) is 5.98. The molecule has 0 N–H and O–H groups in total. The molecule has 1 unspecified atom stereocenters. The number of rotatable bonds is 1. The quantitative estimate of drug-likeness (QED) is 0.709. The van der Waals surface area contributed by atoms with Crippen molar-refractivity contribution in [3.63, 3.8) is 0 Å². The fourth-order valence-corrected chi connectivity index (χ4v) is 2.37. The van der Waals surface area contributed by atoms with E-state index < -0.39 is 0 Å². The van der Waals surface area contributed by atoms with Gasteiger partial charge < -0.3 is 9.78 Å². The van der Waals surface area contributed by atoms with Gasteiger partial charge in [0.2, 0.25) is 0 Å². The molecule has 0 spiro atoms. The van der Waals surface area contributed by atoms with Gasteiger partial charge in [-0.15, -0.1) is 0 Å². The number of hydrogen-bond donors (Lipinski definition) is 0. The highest BCUT2D eigenvalue weighted by Crippen LogP contribution is 2.40. The predicted octanol–water partition coefficient (Wildman–Crippen LogP) is 2.68. The monoisotopic (exact) mass is 242 g/mol. The first kappa shape index (κ1) is 9.94. The zero-order chi connectivity index (χ0) is 11.9. The molecular formula is C14H10O4. The van der Waals surface area contributed by atoms with Crippen molar-refractivity contribution in [2.75, 3.05) is 0 Å². The minimum Gasteiger partial charge on any atom is -0.344 e. The Hall–Kier alpha value is -2.04. The van der Waals surface area contributed by atoms with Crippen molar-refractivity contribution in [1.29, 1.82) is 0 Å². The van der Waals surface area contributed by atoms with E-state index in [9.17, 15) is 0 Å². The van der Waals surface area contributed by atoms with Gasteiger partial charge in [-0.25, -0.2) is 0 Å². The van der Waals surface area contributed by atoms with Gasteiger partial charge in [0, 0.05) is 22.3 Å². The average molecular weight is 242 g/mol. The summed E-state index contributed by atoms with van der Waals surface area (Å²) in [6.07, 6.45) is 7.39. The third kappa shape index (κ3) is 1.33. The highest BCUT2D eigenvalue weighted by atomic mass is 17.2. The van der Waals surface area contributed by atoms with Gasteiger partial charge >= 0.3 is 0 Å². The third-order valence-corrected chi connectivity index (χ3v) is 3.25. The molecule has 4 nitrogen and oxygen atoms in total. The van der Waals surface area contributed by atoms with Gasteiger partial charge in [-0.1, -0.05) is 36.4 Å². The molecule has 18 heavy (non-hydrogen) atoms. The highest BCUT2D eigenvalue weighted by Gasteiger charge is 2.31. The van der Waals surface area contributed by atoms with Crippen molar-refractivity contribution >= 4 is 5.57 Å². The second-order valence-electron chi connectivity index (χ2n) is 4.31. The van der Waals surface area contributed by atoms with Crippen molar-refractivity contribution in [2.24, 2.45) is 0 Å². The van der Waals surface area contributed by atoms with Gasteiger partial charge in [-0.3, -0.25) is 0 Å². The Bertz CT molecular complexity index is 598. The Balaban J connectivity index is 1.84. The van der Waals surface area contributed by atoms with Crippen molar-refractivity contribution in [1.82, 2.24) is 0 Å². The summed E-state index contributed by atoms with van der Waals surface area (Å²) in [4.78, 5) is 20.5. The molecule has 90 valence electrons. The molecule has 0 saturated heterocycles. The zero-order valence-corrected chi connectivity index (χ0v) is 9.46. The molecule has 3 aliphatic rings. The fraction of sp³-hybridized carbons (Fsp3) is 0.143. The van der Waals surface area contributed by atoms with Gasteiger partial charge in [0.05, 0.1) is 0 Å². The van der Waals surface area contributed by atoms with Crippen molar-refractivity contribution < 1.29 is 19.6 Å². The molecular weight excluding hydrogens is 232 g/mol. The van der Waals surface area contributed by atoms with E-state index in [1.54, 1.807) is 6.26 Å². The van der Waals surface area contributed by atoms with E-state index in [0.717, 1.165) is 28.0 Å². The minimum atomic E-state index is -0.189. The van der Waals surface area contributed by atoms with Crippen LogP contribution in [0.3, 0.4) is 0 Å². The van der Waals surface area contributed by atoms with Crippen LogP contribution in [0.4, 0.5) is 0 Å². The first-order chi connectivity index (χ1) is 8.93.